The lowest BCUT2D eigenvalue weighted by molar-refractivity contribution is -0.142. The Morgan fingerprint density at radius 2 is 1.55 bits per heavy atom. The van der Waals surface area contributed by atoms with Crippen LogP contribution < -0.4 is 10.2 Å². The molecule has 33 heavy (non-hydrogen) atoms. The van der Waals surface area contributed by atoms with Crippen LogP contribution in [0.25, 0.3) is 0 Å². The maximum atomic E-state index is 12.7. The van der Waals surface area contributed by atoms with E-state index in [1.54, 1.807) is 58.0 Å². The number of rotatable bonds is 8. The molecule has 9 heteroatoms. The zero-order valence-corrected chi connectivity index (χ0v) is 19.1. The molecule has 0 aromatic heterocycles. The van der Waals surface area contributed by atoms with Crippen LogP contribution in [0.3, 0.4) is 0 Å². The van der Waals surface area contributed by atoms with Crippen molar-refractivity contribution in [2.24, 2.45) is 0 Å². The maximum absolute atomic E-state index is 12.7. The third-order valence-corrected chi connectivity index (χ3v) is 4.05. The minimum Gasteiger partial charge on any atom is -0.465 e. The molecule has 0 fully saturated rings. The second-order valence-electron chi connectivity index (χ2n) is 7.90. The Labute approximate surface area is 192 Å². The largest absolute Gasteiger partial charge is 0.465 e. The highest BCUT2D eigenvalue weighted by Gasteiger charge is 2.22. The molecule has 2 amide bonds. The molecule has 0 atom stereocenters. The van der Waals surface area contributed by atoms with E-state index in [-0.39, 0.29) is 18.7 Å². The summed E-state index contributed by atoms with van der Waals surface area (Å²) in [4.78, 5) is 50.0. The number of nitrogens with zero attached hydrogens (tertiary/aromatic N) is 1. The Balaban J connectivity index is 1.97. The minimum atomic E-state index is -0.726. The number of carbonyl (C=O) groups is 4. The number of esters is 2. The molecule has 176 valence electrons. The zero-order chi connectivity index (χ0) is 24.4. The molecule has 0 radical (unpaired) electrons. The van der Waals surface area contributed by atoms with Crippen LogP contribution in [0.5, 0.6) is 0 Å². The van der Waals surface area contributed by atoms with Crippen molar-refractivity contribution in [2.75, 3.05) is 30.0 Å². The molecule has 0 bridgehead atoms. The molecule has 0 unspecified atom stereocenters. The molecule has 0 saturated heterocycles. The fourth-order valence-electron chi connectivity index (χ4n) is 2.67. The molecular formula is C24H28N2O7. The van der Waals surface area contributed by atoms with Crippen LogP contribution >= 0.6 is 0 Å². The maximum Gasteiger partial charge on any atom is 0.412 e. The topological polar surface area (TPSA) is 111 Å². The summed E-state index contributed by atoms with van der Waals surface area (Å²) in [6.45, 7) is 6.23. The first kappa shape index (κ1) is 25.4. The van der Waals surface area contributed by atoms with Crippen LogP contribution in [0.1, 0.15) is 38.1 Å². The monoisotopic (exact) mass is 456 g/mol. The van der Waals surface area contributed by atoms with Crippen LogP contribution in [0.15, 0.2) is 54.6 Å². The highest BCUT2D eigenvalue weighted by Crippen LogP contribution is 2.16. The summed E-state index contributed by atoms with van der Waals surface area (Å²) < 4.78 is 15.2. The molecule has 0 aliphatic rings. The summed E-state index contributed by atoms with van der Waals surface area (Å²) in [6, 6.07) is 14.5. The number of benzene rings is 2. The van der Waals surface area contributed by atoms with E-state index in [1.165, 1.54) is 29.2 Å². The minimum absolute atomic E-state index is 0.184. The van der Waals surface area contributed by atoms with Crippen molar-refractivity contribution < 1.29 is 33.4 Å². The number of ether oxygens (including phenoxy) is 3. The summed E-state index contributed by atoms with van der Waals surface area (Å²) >= 11 is 0. The predicted octanol–water partition coefficient (Wildman–Crippen LogP) is 3.79. The smallest absolute Gasteiger partial charge is 0.412 e. The molecule has 2 aromatic carbocycles. The first-order chi connectivity index (χ1) is 15.6. The van der Waals surface area contributed by atoms with Gasteiger partial charge >= 0.3 is 18.0 Å². The van der Waals surface area contributed by atoms with Crippen molar-refractivity contribution in [3.05, 3.63) is 60.2 Å². The number of nitrogens with one attached hydrogen (secondary N) is 1. The molecule has 9 nitrogen and oxygen atoms in total. The van der Waals surface area contributed by atoms with Crippen LogP contribution in [-0.2, 0) is 23.8 Å². The molecular weight excluding hydrogens is 428 g/mol. The van der Waals surface area contributed by atoms with Crippen LogP contribution in [0.4, 0.5) is 16.2 Å². The van der Waals surface area contributed by atoms with Gasteiger partial charge in [-0.1, -0.05) is 18.2 Å². The van der Waals surface area contributed by atoms with Gasteiger partial charge in [0.05, 0.1) is 12.2 Å². The van der Waals surface area contributed by atoms with Crippen molar-refractivity contribution in [1.82, 2.24) is 0 Å². The van der Waals surface area contributed by atoms with Gasteiger partial charge in [-0.25, -0.2) is 9.59 Å². The second kappa shape index (κ2) is 11.7. The van der Waals surface area contributed by atoms with Gasteiger partial charge in [0.25, 0.3) is 5.91 Å². The van der Waals surface area contributed by atoms with Gasteiger partial charge in [-0.2, -0.15) is 0 Å². The van der Waals surface area contributed by atoms with E-state index in [1.807, 2.05) is 0 Å². The molecule has 1 N–H and O–H groups in total. The summed E-state index contributed by atoms with van der Waals surface area (Å²) in [7, 11) is 0. The molecule has 0 saturated carbocycles. The van der Waals surface area contributed by atoms with Crippen molar-refractivity contribution in [1.29, 1.82) is 0 Å². The van der Waals surface area contributed by atoms with E-state index < -0.39 is 36.1 Å². The Morgan fingerprint density at radius 3 is 2.12 bits per heavy atom. The number of carbonyl (C=O) groups excluding carboxylic acids is 4. The van der Waals surface area contributed by atoms with E-state index in [9.17, 15) is 19.2 Å². The molecule has 0 spiro atoms. The summed E-state index contributed by atoms with van der Waals surface area (Å²) in [5, 5.41) is 2.56. The van der Waals surface area contributed by atoms with Gasteiger partial charge in [0.15, 0.2) is 6.61 Å². The Morgan fingerprint density at radius 1 is 0.909 bits per heavy atom. The van der Waals surface area contributed by atoms with Gasteiger partial charge in [-0.15, -0.1) is 0 Å². The number of anilines is 2. The number of hydrogen-bond acceptors (Lipinski definition) is 7. The van der Waals surface area contributed by atoms with Crippen molar-refractivity contribution >= 4 is 35.3 Å². The lowest BCUT2D eigenvalue weighted by Crippen LogP contribution is -2.39. The van der Waals surface area contributed by atoms with Crippen LogP contribution in [0, 0.1) is 0 Å². The van der Waals surface area contributed by atoms with Gasteiger partial charge in [-0.05, 0) is 64.1 Å². The summed E-state index contributed by atoms with van der Waals surface area (Å²) in [6.07, 6.45) is -0.619. The summed E-state index contributed by atoms with van der Waals surface area (Å²) in [5.74, 6) is -1.88. The van der Waals surface area contributed by atoms with Gasteiger partial charge in [0.1, 0.15) is 12.1 Å². The van der Waals surface area contributed by atoms with Crippen LogP contribution in [-0.4, -0.2) is 49.3 Å². The van der Waals surface area contributed by atoms with Gasteiger partial charge < -0.3 is 14.2 Å². The molecule has 2 aromatic rings. The fraction of sp³-hybridized carbons (Fsp3) is 0.333. The van der Waals surface area contributed by atoms with Crippen molar-refractivity contribution in [2.45, 2.75) is 33.3 Å². The van der Waals surface area contributed by atoms with E-state index in [0.29, 0.717) is 11.4 Å². The van der Waals surface area contributed by atoms with E-state index in [2.05, 4.69) is 5.32 Å². The lowest BCUT2D eigenvalue weighted by Gasteiger charge is -2.21. The van der Waals surface area contributed by atoms with Gasteiger partial charge in [0, 0.05) is 11.4 Å². The molecule has 2 rings (SSSR count). The van der Waals surface area contributed by atoms with E-state index >= 15 is 0 Å². The highest BCUT2D eigenvalue weighted by molar-refractivity contribution is 6.00. The zero-order valence-electron chi connectivity index (χ0n) is 19.1. The number of hydrogen-bond donors (Lipinski definition) is 1. The quantitative estimate of drug-likeness (QED) is 0.475. The predicted molar refractivity (Wildman–Crippen MR) is 122 cm³/mol. The molecule has 0 aliphatic carbocycles. The Kier molecular flexibility index (Phi) is 8.97. The van der Waals surface area contributed by atoms with Crippen molar-refractivity contribution in [3.8, 4) is 0 Å². The SMILES string of the molecule is CCOC(=O)CN(C(=O)COC(=O)c1ccc(NC(=O)OC(C)(C)C)cc1)c1ccccc1. The normalized spacial score (nSPS) is 10.7. The third kappa shape index (κ3) is 8.64. The van der Waals surface area contributed by atoms with Crippen LogP contribution in [0.2, 0.25) is 0 Å². The third-order valence-electron chi connectivity index (χ3n) is 4.05. The highest BCUT2D eigenvalue weighted by atomic mass is 16.6. The van der Waals surface area contributed by atoms with Gasteiger partial charge in [-0.3, -0.25) is 19.8 Å². The average molecular weight is 456 g/mol. The Bertz CT molecular complexity index is 967. The second-order valence-corrected chi connectivity index (χ2v) is 7.90. The number of para-hydroxylation sites is 1. The summed E-state index contributed by atoms with van der Waals surface area (Å²) in [5.41, 5.74) is 0.460. The first-order valence-electron chi connectivity index (χ1n) is 10.4. The van der Waals surface area contributed by atoms with Crippen molar-refractivity contribution in [3.63, 3.8) is 0 Å². The van der Waals surface area contributed by atoms with E-state index in [4.69, 9.17) is 14.2 Å². The average Bonchev–Trinajstić information content (AvgIpc) is 2.75. The van der Waals surface area contributed by atoms with Gasteiger partial charge in [0.2, 0.25) is 0 Å². The standard InChI is InChI=1S/C24H28N2O7/c1-5-31-21(28)15-26(19-9-7-6-8-10-19)20(27)16-32-22(29)17-11-13-18(14-12-17)25-23(30)33-24(2,3)4/h6-14H,5,15-16H2,1-4H3,(H,25,30). The fourth-order valence-corrected chi connectivity index (χ4v) is 2.67. The Hall–Kier alpha value is -3.88. The first-order valence-corrected chi connectivity index (χ1v) is 10.4. The molecule has 0 aliphatic heterocycles. The molecule has 0 heterocycles. The van der Waals surface area contributed by atoms with E-state index in [0.717, 1.165) is 0 Å². The lowest BCUT2D eigenvalue weighted by atomic mass is 10.2. The number of amides is 2.